The molecule has 4 heterocycles. The van der Waals surface area contributed by atoms with Gasteiger partial charge in [-0.15, -0.1) is 0 Å². The van der Waals surface area contributed by atoms with E-state index in [1.54, 1.807) is 11.3 Å². The maximum atomic E-state index is 12.9. The molecule has 7 heteroatoms. The SMILES string of the molecule is CN1C(=O)c2sc(N3CCOC[C@@H]3Cc3cn(C)c4ccccc34)nc2CC1(C)C. The van der Waals surface area contributed by atoms with Crippen LogP contribution >= 0.6 is 11.3 Å². The molecule has 0 saturated carbocycles. The molecule has 1 amide bonds. The Morgan fingerprint density at radius 1 is 1.27 bits per heavy atom. The number of carbonyl (C=O) groups is 1. The van der Waals surface area contributed by atoms with Gasteiger partial charge in [-0.05, 0) is 31.9 Å². The Morgan fingerprint density at radius 3 is 2.90 bits per heavy atom. The first-order valence-corrected chi connectivity index (χ1v) is 11.3. The number of benzene rings is 1. The van der Waals surface area contributed by atoms with E-state index in [4.69, 9.17) is 9.72 Å². The van der Waals surface area contributed by atoms with Crippen LogP contribution in [0, 0.1) is 0 Å². The Bertz CT molecular complexity index is 1120. The third-order valence-corrected chi connectivity index (χ3v) is 7.72. The van der Waals surface area contributed by atoms with Crippen molar-refractivity contribution in [2.24, 2.45) is 7.05 Å². The van der Waals surface area contributed by atoms with Gasteiger partial charge in [-0.25, -0.2) is 4.98 Å². The van der Waals surface area contributed by atoms with Crippen LogP contribution in [0.25, 0.3) is 10.9 Å². The van der Waals surface area contributed by atoms with E-state index in [1.807, 2.05) is 11.9 Å². The highest BCUT2D eigenvalue weighted by Crippen LogP contribution is 2.37. The van der Waals surface area contributed by atoms with Crippen molar-refractivity contribution in [3.8, 4) is 0 Å². The molecule has 5 rings (SSSR count). The monoisotopic (exact) mass is 424 g/mol. The Kier molecular flexibility index (Phi) is 4.63. The van der Waals surface area contributed by atoms with Crippen LogP contribution in [-0.4, -0.2) is 58.7 Å². The summed E-state index contributed by atoms with van der Waals surface area (Å²) in [5.41, 5.74) is 3.31. The minimum absolute atomic E-state index is 0.0869. The number of hydrogen-bond donors (Lipinski definition) is 0. The van der Waals surface area contributed by atoms with E-state index in [9.17, 15) is 4.79 Å². The average Bonchev–Trinajstić information content (AvgIpc) is 3.28. The third-order valence-electron chi connectivity index (χ3n) is 6.60. The van der Waals surface area contributed by atoms with E-state index >= 15 is 0 Å². The van der Waals surface area contributed by atoms with Gasteiger partial charge in [0.1, 0.15) is 4.88 Å². The van der Waals surface area contributed by atoms with Gasteiger partial charge in [0.05, 0.1) is 24.9 Å². The Hall–Kier alpha value is -2.38. The van der Waals surface area contributed by atoms with Gasteiger partial charge in [0.25, 0.3) is 5.91 Å². The Labute approximate surface area is 181 Å². The maximum Gasteiger partial charge on any atom is 0.266 e. The number of likely N-dealkylation sites (N-methyl/N-ethyl adjacent to an activating group) is 1. The number of hydrogen-bond acceptors (Lipinski definition) is 5. The first-order valence-electron chi connectivity index (χ1n) is 10.5. The van der Waals surface area contributed by atoms with Crippen LogP contribution < -0.4 is 4.90 Å². The average molecular weight is 425 g/mol. The number of amides is 1. The minimum atomic E-state index is -0.206. The fraction of sp³-hybridized carbons (Fsp3) is 0.478. The molecular formula is C23H28N4O2S. The number of anilines is 1. The molecule has 0 unspecified atom stereocenters. The molecule has 30 heavy (non-hydrogen) atoms. The summed E-state index contributed by atoms with van der Waals surface area (Å²) in [5, 5.41) is 2.25. The number of aryl methyl sites for hydroxylation is 1. The second-order valence-corrected chi connectivity index (χ2v) is 10.0. The molecule has 1 fully saturated rings. The van der Waals surface area contributed by atoms with Crippen molar-refractivity contribution in [2.75, 3.05) is 31.7 Å². The molecule has 158 valence electrons. The molecule has 2 aromatic heterocycles. The lowest BCUT2D eigenvalue weighted by Gasteiger charge is -2.38. The van der Waals surface area contributed by atoms with Crippen LogP contribution in [0.1, 0.15) is 34.8 Å². The first-order chi connectivity index (χ1) is 14.3. The highest BCUT2D eigenvalue weighted by molar-refractivity contribution is 7.17. The van der Waals surface area contributed by atoms with Crippen LogP contribution in [0.5, 0.6) is 0 Å². The summed E-state index contributed by atoms with van der Waals surface area (Å²) in [7, 11) is 3.99. The van der Waals surface area contributed by atoms with Crippen LogP contribution in [0.15, 0.2) is 30.5 Å². The second-order valence-electron chi connectivity index (χ2n) is 9.03. The van der Waals surface area contributed by atoms with Gasteiger partial charge in [-0.2, -0.15) is 0 Å². The summed E-state index contributed by atoms with van der Waals surface area (Å²) in [6, 6.07) is 8.74. The largest absolute Gasteiger partial charge is 0.377 e. The van der Waals surface area contributed by atoms with Gasteiger partial charge in [0, 0.05) is 49.7 Å². The number of carbonyl (C=O) groups excluding carboxylic acids is 1. The van der Waals surface area contributed by atoms with Crippen molar-refractivity contribution < 1.29 is 9.53 Å². The zero-order valence-corrected chi connectivity index (χ0v) is 18.8. The van der Waals surface area contributed by atoms with Crippen molar-refractivity contribution >= 4 is 33.3 Å². The number of aromatic nitrogens is 2. The van der Waals surface area contributed by atoms with Gasteiger partial charge < -0.3 is 19.1 Å². The molecule has 0 spiro atoms. The predicted octanol–water partition coefficient (Wildman–Crippen LogP) is 3.49. The molecular weight excluding hydrogens is 396 g/mol. The lowest BCUT2D eigenvalue weighted by molar-refractivity contribution is 0.0595. The third kappa shape index (κ3) is 3.11. The van der Waals surface area contributed by atoms with Crippen molar-refractivity contribution in [1.29, 1.82) is 0 Å². The number of morpholine rings is 1. The lowest BCUT2D eigenvalue weighted by Crippen LogP contribution is -2.50. The van der Waals surface area contributed by atoms with Gasteiger partial charge in [-0.1, -0.05) is 29.5 Å². The number of rotatable bonds is 3. The summed E-state index contributed by atoms with van der Waals surface area (Å²) in [6.45, 7) is 6.37. The topological polar surface area (TPSA) is 50.6 Å². The van der Waals surface area contributed by atoms with Crippen LogP contribution in [0.4, 0.5) is 5.13 Å². The van der Waals surface area contributed by atoms with Crippen LogP contribution in [-0.2, 0) is 24.6 Å². The number of ether oxygens (including phenoxy) is 1. The smallest absolute Gasteiger partial charge is 0.266 e. The molecule has 6 nitrogen and oxygen atoms in total. The van der Waals surface area contributed by atoms with Gasteiger partial charge >= 0.3 is 0 Å². The maximum absolute atomic E-state index is 12.9. The van der Waals surface area contributed by atoms with Crippen molar-refractivity contribution in [1.82, 2.24) is 14.5 Å². The van der Waals surface area contributed by atoms with E-state index < -0.39 is 0 Å². The van der Waals surface area contributed by atoms with Crippen molar-refractivity contribution in [3.05, 3.63) is 46.6 Å². The summed E-state index contributed by atoms with van der Waals surface area (Å²) in [6.07, 6.45) is 3.91. The second kappa shape index (κ2) is 7.10. The van der Waals surface area contributed by atoms with Gasteiger partial charge in [0.2, 0.25) is 0 Å². The fourth-order valence-electron chi connectivity index (χ4n) is 4.62. The molecule has 0 N–H and O–H groups in total. The molecule has 2 aliphatic rings. The zero-order valence-electron chi connectivity index (χ0n) is 18.0. The van der Waals surface area contributed by atoms with Gasteiger partial charge in [-0.3, -0.25) is 4.79 Å². The fourth-order valence-corrected chi connectivity index (χ4v) is 5.78. The first kappa shape index (κ1) is 19.6. The molecule has 1 saturated heterocycles. The summed E-state index contributed by atoms with van der Waals surface area (Å²) < 4.78 is 8.04. The molecule has 1 aromatic carbocycles. The van der Waals surface area contributed by atoms with Crippen LogP contribution in [0.3, 0.4) is 0 Å². The summed E-state index contributed by atoms with van der Waals surface area (Å²) >= 11 is 1.54. The van der Waals surface area contributed by atoms with E-state index in [0.717, 1.165) is 35.1 Å². The zero-order chi connectivity index (χ0) is 21.0. The van der Waals surface area contributed by atoms with Gasteiger partial charge in [0.15, 0.2) is 5.13 Å². The Balaban J connectivity index is 1.47. The number of fused-ring (bicyclic) bond motifs is 2. The molecule has 2 aliphatic heterocycles. The number of thiazole rings is 1. The van der Waals surface area contributed by atoms with E-state index in [-0.39, 0.29) is 17.5 Å². The standard InChI is InChI=1S/C23H28N4O2S/c1-23(2)12-18-20(21(28)26(23)4)30-22(24-18)27-9-10-29-14-16(27)11-15-13-25(3)19-8-6-5-7-17(15)19/h5-8,13,16H,9-12,14H2,1-4H3/t16-/m0/s1. The predicted molar refractivity (Wildman–Crippen MR) is 121 cm³/mol. The van der Waals surface area contributed by atoms with Crippen LogP contribution in [0.2, 0.25) is 0 Å². The number of para-hydroxylation sites is 1. The lowest BCUT2D eigenvalue weighted by atomic mass is 9.92. The quantitative estimate of drug-likeness (QED) is 0.646. The molecule has 0 radical (unpaired) electrons. The van der Waals surface area contributed by atoms with E-state index in [2.05, 4.69) is 60.8 Å². The molecule has 1 atom stereocenters. The highest BCUT2D eigenvalue weighted by atomic mass is 32.1. The van der Waals surface area contributed by atoms with E-state index in [0.29, 0.717) is 13.2 Å². The molecule has 0 bridgehead atoms. The Morgan fingerprint density at radius 2 is 2.07 bits per heavy atom. The molecule has 3 aromatic rings. The summed E-state index contributed by atoms with van der Waals surface area (Å²) in [4.78, 5) is 22.9. The normalized spacial score (nSPS) is 21.3. The highest BCUT2D eigenvalue weighted by Gasteiger charge is 2.39. The number of nitrogens with zero attached hydrogens (tertiary/aromatic N) is 4. The van der Waals surface area contributed by atoms with Crippen molar-refractivity contribution in [2.45, 2.75) is 38.3 Å². The minimum Gasteiger partial charge on any atom is -0.377 e. The van der Waals surface area contributed by atoms with Crippen molar-refractivity contribution in [3.63, 3.8) is 0 Å². The summed E-state index contributed by atoms with van der Waals surface area (Å²) in [5.74, 6) is 0.0869. The molecule has 0 aliphatic carbocycles. The van der Waals surface area contributed by atoms with E-state index in [1.165, 1.54) is 16.5 Å².